The minimum atomic E-state index is 0.676. The fourth-order valence-corrected chi connectivity index (χ4v) is 1.11. The van der Waals surface area contributed by atoms with Gasteiger partial charge in [0.2, 0.25) is 0 Å². The van der Waals surface area contributed by atoms with E-state index < -0.39 is 0 Å². The molecule has 0 fully saturated rings. The van der Waals surface area contributed by atoms with Gasteiger partial charge in [0.05, 0.1) is 17.6 Å². The van der Waals surface area contributed by atoms with Crippen molar-refractivity contribution in [2.75, 3.05) is 0 Å². The smallest absolute Gasteiger partial charge is 0.181 e. The first-order valence-electron chi connectivity index (χ1n) is 4.11. The van der Waals surface area contributed by atoms with Crippen LogP contribution in [0, 0.1) is 20.8 Å². The fourth-order valence-electron chi connectivity index (χ4n) is 1.11. The van der Waals surface area contributed by atoms with Crippen LogP contribution in [0.5, 0.6) is 0 Å². The molecular weight excluding hydrogens is 164 g/mol. The van der Waals surface area contributed by atoms with Gasteiger partial charge in [-0.3, -0.25) is 0 Å². The van der Waals surface area contributed by atoms with Gasteiger partial charge in [-0.2, -0.15) is 0 Å². The van der Waals surface area contributed by atoms with Crippen molar-refractivity contribution in [2.45, 2.75) is 20.8 Å². The van der Waals surface area contributed by atoms with Crippen molar-refractivity contribution in [3.63, 3.8) is 0 Å². The normalized spacial score (nSPS) is 10.7. The molecule has 4 heteroatoms. The first kappa shape index (κ1) is 8.04. The molecule has 0 aliphatic carbocycles. The van der Waals surface area contributed by atoms with E-state index in [2.05, 4.69) is 19.9 Å². The zero-order chi connectivity index (χ0) is 9.42. The van der Waals surface area contributed by atoms with E-state index in [1.54, 1.807) is 6.20 Å². The summed E-state index contributed by atoms with van der Waals surface area (Å²) in [6, 6.07) is 0. The van der Waals surface area contributed by atoms with Crippen molar-refractivity contribution in [3.05, 3.63) is 23.4 Å². The van der Waals surface area contributed by atoms with Crippen LogP contribution in [0.1, 0.15) is 17.2 Å². The lowest BCUT2D eigenvalue weighted by Gasteiger charge is -2.00. The number of aromatic nitrogens is 4. The minimum absolute atomic E-state index is 0.676. The summed E-state index contributed by atoms with van der Waals surface area (Å²) in [5, 5.41) is 0. The molecule has 0 spiro atoms. The molecule has 66 valence electrons. The monoisotopic (exact) mass is 174 g/mol. The molecule has 0 aromatic carbocycles. The summed E-state index contributed by atoms with van der Waals surface area (Å²) >= 11 is 0. The Bertz CT molecular complexity index is 464. The molecule has 0 N–H and O–H groups in total. The maximum absolute atomic E-state index is 4.33. The predicted molar refractivity (Wildman–Crippen MR) is 49.3 cm³/mol. The summed E-state index contributed by atoms with van der Waals surface area (Å²) in [5.41, 5.74) is 3.29. The summed E-state index contributed by atoms with van der Waals surface area (Å²) in [5.74, 6) is 0.727. The molecule has 0 aliphatic rings. The zero-order valence-corrected chi connectivity index (χ0v) is 7.87. The van der Waals surface area contributed by atoms with E-state index in [-0.39, 0.29) is 0 Å². The second-order valence-corrected chi connectivity index (χ2v) is 3.02. The van der Waals surface area contributed by atoms with Crippen molar-refractivity contribution in [2.24, 2.45) is 0 Å². The quantitative estimate of drug-likeness (QED) is 0.604. The maximum atomic E-state index is 4.33. The van der Waals surface area contributed by atoms with Crippen molar-refractivity contribution >= 4 is 11.2 Å². The summed E-state index contributed by atoms with van der Waals surface area (Å²) in [6.07, 6.45) is 1.71. The van der Waals surface area contributed by atoms with Crippen LogP contribution in [-0.2, 0) is 0 Å². The van der Waals surface area contributed by atoms with Crippen LogP contribution < -0.4 is 0 Å². The van der Waals surface area contributed by atoms with Gasteiger partial charge >= 0.3 is 0 Å². The van der Waals surface area contributed by atoms with E-state index >= 15 is 0 Å². The molecule has 0 aliphatic heterocycles. The molecule has 0 saturated carbocycles. The molecule has 0 unspecified atom stereocenters. The maximum Gasteiger partial charge on any atom is 0.181 e. The number of aryl methyl sites for hydroxylation is 3. The first-order valence-corrected chi connectivity index (χ1v) is 4.11. The van der Waals surface area contributed by atoms with Gasteiger partial charge in [-0.25, -0.2) is 19.9 Å². The van der Waals surface area contributed by atoms with Gasteiger partial charge in [0.25, 0.3) is 0 Å². The molecule has 4 nitrogen and oxygen atoms in total. The molecule has 0 atom stereocenters. The lowest BCUT2D eigenvalue weighted by Crippen LogP contribution is -1.97. The molecular formula is C9H10N4. The van der Waals surface area contributed by atoms with Crippen molar-refractivity contribution in [3.8, 4) is 0 Å². The molecule has 0 radical (unpaired) electrons. The first-order chi connectivity index (χ1) is 6.16. The van der Waals surface area contributed by atoms with Gasteiger partial charge in [-0.15, -0.1) is 0 Å². The predicted octanol–water partition coefficient (Wildman–Crippen LogP) is 1.35. The van der Waals surface area contributed by atoms with E-state index in [4.69, 9.17) is 0 Å². The Morgan fingerprint density at radius 1 is 0.923 bits per heavy atom. The summed E-state index contributed by atoms with van der Waals surface area (Å²) < 4.78 is 0. The Kier molecular flexibility index (Phi) is 1.69. The van der Waals surface area contributed by atoms with E-state index in [9.17, 15) is 0 Å². The van der Waals surface area contributed by atoms with Crippen molar-refractivity contribution in [1.29, 1.82) is 0 Å². The minimum Gasteiger partial charge on any atom is -0.246 e. The van der Waals surface area contributed by atoms with Crippen LogP contribution in [0.15, 0.2) is 6.20 Å². The Hall–Kier alpha value is -1.58. The average molecular weight is 174 g/mol. The van der Waals surface area contributed by atoms with E-state index in [1.807, 2.05) is 20.8 Å². The highest BCUT2D eigenvalue weighted by atomic mass is 15.0. The zero-order valence-electron chi connectivity index (χ0n) is 7.87. The molecule has 2 aromatic rings. The van der Waals surface area contributed by atoms with Gasteiger partial charge in [-0.05, 0) is 20.8 Å². The average Bonchev–Trinajstić information content (AvgIpc) is 2.08. The summed E-state index contributed by atoms with van der Waals surface area (Å²) in [7, 11) is 0. The number of hydrogen-bond acceptors (Lipinski definition) is 4. The molecule has 2 heterocycles. The SMILES string of the molecule is Cc1ncc2nc(C)c(C)nc2n1. The third-order valence-electron chi connectivity index (χ3n) is 1.96. The van der Waals surface area contributed by atoms with E-state index in [0.29, 0.717) is 5.65 Å². The lowest BCUT2D eigenvalue weighted by molar-refractivity contribution is 1.02. The number of fused-ring (bicyclic) bond motifs is 1. The molecule has 13 heavy (non-hydrogen) atoms. The Morgan fingerprint density at radius 2 is 1.62 bits per heavy atom. The molecule has 0 saturated heterocycles. The summed E-state index contributed by atoms with van der Waals surface area (Å²) in [4.78, 5) is 16.9. The van der Waals surface area contributed by atoms with Crippen LogP contribution in [0.25, 0.3) is 11.2 Å². The Morgan fingerprint density at radius 3 is 2.38 bits per heavy atom. The van der Waals surface area contributed by atoms with Gasteiger partial charge < -0.3 is 0 Å². The molecule has 0 bridgehead atoms. The lowest BCUT2D eigenvalue weighted by atomic mass is 10.3. The molecule has 2 aromatic heterocycles. The third kappa shape index (κ3) is 1.35. The second kappa shape index (κ2) is 2.73. The van der Waals surface area contributed by atoms with Crippen LogP contribution >= 0.6 is 0 Å². The topological polar surface area (TPSA) is 51.6 Å². The molecule has 2 rings (SSSR count). The Labute approximate surface area is 76.1 Å². The number of hydrogen-bond donors (Lipinski definition) is 0. The van der Waals surface area contributed by atoms with E-state index in [0.717, 1.165) is 22.7 Å². The number of rotatable bonds is 0. The molecule has 0 amide bonds. The highest BCUT2D eigenvalue weighted by molar-refractivity contribution is 5.68. The standard InChI is InChI=1S/C9H10N4/c1-5-6(2)12-9-8(11-5)4-10-7(3)13-9/h4H,1-3H3. The van der Waals surface area contributed by atoms with Crippen molar-refractivity contribution in [1.82, 2.24) is 19.9 Å². The van der Waals surface area contributed by atoms with Crippen LogP contribution in [0.4, 0.5) is 0 Å². The third-order valence-corrected chi connectivity index (χ3v) is 1.96. The van der Waals surface area contributed by atoms with Crippen LogP contribution in [-0.4, -0.2) is 19.9 Å². The van der Waals surface area contributed by atoms with Crippen LogP contribution in [0.2, 0.25) is 0 Å². The van der Waals surface area contributed by atoms with Gasteiger partial charge in [-0.1, -0.05) is 0 Å². The second-order valence-electron chi connectivity index (χ2n) is 3.02. The highest BCUT2D eigenvalue weighted by Crippen LogP contribution is 2.08. The Balaban J connectivity index is 2.81. The van der Waals surface area contributed by atoms with Gasteiger partial charge in [0.1, 0.15) is 11.3 Å². The fraction of sp³-hybridized carbons (Fsp3) is 0.333. The van der Waals surface area contributed by atoms with E-state index in [1.165, 1.54) is 0 Å². The highest BCUT2D eigenvalue weighted by Gasteiger charge is 2.02. The summed E-state index contributed by atoms with van der Waals surface area (Å²) in [6.45, 7) is 5.71. The largest absolute Gasteiger partial charge is 0.246 e. The van der Waals surface area contributed by atoms with Crippen molar-refractivity contribution < 1.29 is 0 Å². The van der Waals surface area contributed by atoms with Gasteiger partial charge in [0.15, 0.2) is 5.65 Å². The van der Waals surface area contributed by atoms with Crippen LogP contribution in [0.3, 0.4) is 0 Å². The van der Waals surface area contributed by atoms with Gasteiger partial charge in [0, 0.05) is 0 Å². The number of nitrogens with zero attached hydrogens (tertiary/aromatic N) is 4.